The first-order valence-electron chi connectivity index (χ1n) is 7.23. The quantitative estimate of drug-likeness (QED) is 0.629. The predicted molar refractivity (Wildman–Crippen MR) is 76.5 cm³/mol. The van der Waals surface area contributed by atoms with Crippen molar-refractivity contribution in [3.63, 3.8) is 0 Å². The molecule has 3 rings (SSSR count). The van der Waals surface area contributed by atoms with Gasteiger partial charge in [-0.1, -0.05) is 6.07 Å². The Labute approximate surface area is 114 Å². The summed E-state index contributed by atoms with van der Waals surface area (Å²) in [6.45, 7) is 5.98. The Balaban J connectivity index is 1.61. The first kappa shape index (κ1) is 12.8. The molecule has 0 saturated carbocycles. The Morgan fingerprint density at radius 3 is 2.95 bits per heavy atom. The fourth-order valence-corrected chi connectivity index (χ4v) is 3.29. The number of aromatic nitrogens is 1. The molecular formula is C14H23N5. The molecule has 2 fully saturated rings. The van der Waals surface area contributed by atoms with E-state index in [0.717, 1.165) is 18.4 Å². The molecule has 1 aromatic rings. The van der Waals surface area contributed by atoms with E-state index in [2.05, 4.69) is 26.3 Å². The third-order valence-corrected chi connectivity index (χ3v) is 4.27. The number of nitrogens with two attached hydrogens (primary N) is 1. The standard InChI is InChI=1S/C14H23N5/c15-17-14-5-4-12(9-16-14)10-18-6-2-8-19-7-1-3-13(19)11-18/h4-5,9,13H,1-3,6-8,10-11,15H2,(H,16,17). The zero-order chi connectivity index (χ0) is 13.1. The van der Waals surface area contributed by atoms with Crippen LogP contribution in [0.25, 0.3) is 0 Å². The molecule has 0 bridgehead atoms. The Morgan fingerprint density at radius 1 is 1.26 bits per heavy atom. The van der Waals surface area contributed by atoms with Crippen molar-refractivity contribution >= 4 is 5.82 Å². The second-order valence-electron chi connectivity index (χ2n) is 5.62. The largest absolute Gasteiger partial charge is 0.308 e. The number of rotatable bonds is 3. The molecule has 104 valence electrons. The van der Waals surface area contributed by atoms with Crippen molar-refractivity contribution in [2.45, 2.75) is 31.8 Å². The Kier molecular flexibility index (Phi) is 3.96. The maximum atomic E-state index is 5.33. The van der Waals surface area contributed by atoms with Crippen molar-refractivity contribution in [1.29, 1.82) is 0 Å². The molecule has 2 aliphatic heterocycles. The van der Waals surface area contributed by atoms with Crippen LogP contribution in [0.3, 0.4) is 0 Å². The van der Waals surface area contributed by atoms with E-state index in [1.54, 1.807) is 0 Å². The summed E-state index contributed by atoms with van der Waals surface area (Å²) in [4.78, 5) is 9.52. The number of fused-ring (bicyclic) bond motifs is 1. The molecule has 5 heteroatoms. The molecule has 0 aliphatic carbocycles. The topological polar surface area (TPSA) is 57.4 Å². The number of nitrogens with zero attached hydrogens (tertiary/aromatic N) is 3. The molecule has 0 aromatic carbocycles. The lowest BCUT2D eigenvalue weighted by Gasteiger charge is -2.25. The third-order valence-electron chi connectivity index (χ3n) is 4.27. The lowest BCUT2D eigenvalue weighted by atomic mass is 10.2. The van der Waals surface area contributed by atoms with Crippen molar-refractivity contribution in [1.82, 2.24) is 14.8 Å². The van der Waals surface area contributed by atoms with Crippen LogP contribution in [0.15, 0.2) is 18.3 Å². The van der Waals surface area contributed by atoms with Crippen molar-refractivity contribution in [3.05, 3.63) is 23.9 Å². The van der Waals surface area contributed by atoms with Gasteiger partial charge in [-0.2, -0.15) is 0 Å². The number of hydrogen-bond acceptors (Lipinski definition) is 5. The lowest BCUT2D eigenvalue weighted by molar-refractivity contribution is 0.215. The van der Waals surface area contributed by atoms with Gasteiger partial charge in [0.15, 0.2) is 0 Å². The van der Waals surface area contributed by atoms with Gasteiger partial charge >= 0.3 is 0 Å². The number of hydrogen-bond donors (Lipinski definition) is 2. The Bertz CT molecular complexity index is 405. The van der Waals surface area contributed by atoms with E-state index >= 15 is 0 Å². The highest BCUT2D eigenvalue weighted by atomic mass is 15.3. The summed E-state index contributed by atoms with van der Waals surface area (Å²) >= 11 is 0. The van der Waals surface area contributed by atoms with Crippen molar-refractivity contribution in [2.75, 3.05) is 31.6 Å². The third kappa shape index (κ3) is 3.05. The van der Waals surface area contributed by atoms with Crippen molar-refractivity contribution in [2.24, 2.45) is 5.84 Å². The van der Waals surface area contributed by atoms with E-state index in [4.69, 9.17) is 5.84 Å². The highest BCUT2D eigenvalue weighted by Crippen LogP contribution is 2.22. The van der Waals surface area contributed by atoms with Crippen LogP contribution in [-0.2, 0) is 6.54 Å². The highest BCUT2D eigenvalue weighted by Gasteiger charge is 2.28. The fourth-order valence-electron chi connectivity index (χ4n) is 3.29. The smallest absolute Gasteiger partial charge is 0.139 e. The fraction of sp³-hybridized carbons (Fsp3) is 0.643. The van der Waals surface area contributed by atoms with E-state index in [1.165, 1.54) is 51.0 Å². The monoisotopic (exact) mass is 261 g/mol. The van der Waals surface area contributed by atoms with E-state index < -0.39 is 0 Å². The normalized spacial score (nSPS) is 25.0. The molecule has 1 aromatic heterocycles. The summed E-state index contributed by atoms with van der Waals surface area (Å²) in [5.41, 5.74) is 3.84. The number of anilines is 1. The van der Waals surface area contributed by atoms with Gasteiger partial charge in [-0.05, 0) is 50.5 Å². The maximum absolute atomic E-state index is 5.33. The first-order chi connectivity index (χ1) is 9.35. The van der Waals surface area contributed by atoms with E-state index in [9.17, 15) is 0 Å². The number of hydrazine groups is 1. The Morgan fingerprint density at radius 2 is 2.16 bits per heavy atom. The van der Waals surface area contributed by atoms with Gasteiger partial charge in [0.1, 0.15) is 5.82 Å². The molecule has 3 N–H and O–H groups in total. The van der Waals surface area contributed by atoms with Crippen molar-refractivity contribution in [3.8, 4) is 0 Å². The van der Waals surface area contributed by atoms with Crippen LogP contribution in [0.5, 0.6) is 0 Å². The second-order valence-corrected chi connectivity index (χ2v) is 5.62. The molecule has 5 nitrogen and oxygen atoms in total. The average molecular weight is 261 g/mol. The molecule has 0 amide bonds. The summed E-state index contributed by atoms with van der Waals surface area (Å²) < 4.78 is 0. The molecule has 2 aliphatic rings. The van der Waals surface area contributed by atoms with E-state index in [0.29, 0.717) is 0 Å². The van der Waals surface area contributed by atoms with E-state index in [-0.39, 0.29) is 0 Å². The lowest BCUT2D eigenvalue weighted by Crippen LogP contribution is -2.36. The number of nitrogens with one attached hydrogen (secondary N) is 1. The van der Waals surface area contributed by atoms with Gasteiger partial charge in [-0.25, -0.2) is 10.8 Å². The molecule has 1 atom stereocenters. The molecular weight excluding hydrogens is 238 g/mol. The van der Waals surface area contributed by atoms with Crippen molar-refractivity contribution < 1.29 is 0 Å². The van der Waals surface area contributed by atoms with Gasteiger partial charge in [-0.3, -0.25) is 9.80 Å². The molecule has 19 heavy (non-hydrogen) atoms. The first-order valence-corrected chi connectivity index (χ1v) is 7.23. The maximum Gasteiger partial charge on any atom is 0.139 e. The molecule has 0 spiro atoms. The minimum atomic E-state index is 0.724. The SMILES string of the molecule is NNc1ccc(CN2CCCN3CCCC3C2)cn1. The summed E-state index contributed by atoms with van der Waals surface area (Å²) in [6, 6.07) is 4.83. The van der Waals surface area contributed by atoms with Gasteiger partial charge < -0.3 is 5.43 Å². The minimum Gasteiger partial charge on any atom is -0.308 e. The van der Waals surface area contributed by atoms with Gasteiger partial charge in [0, 0.05) is 25.3 Å². The van der Waals surface area contributed by atoms with Gasteiger partial charge in [-0.15, -0.1) is 0 Å². The van der Waals surface area contributed by atoms with Gasteiger partial charge in [0.2, 0.25) is 0 Å². The van der Waals surface area contributed by atoms with Crippen LogP contribution < -0.4 is 11.3 Å². The molecule has 2 saturated heterocycles. The van der Waals surface area contributed by atoms with Crippen LogP contribution in [0.1, 0.15) is 24.8 Å². The zero-order valence-electron chi connectivity index (χ0n) is 11.4. The number of pyridine rings is 1. The zero-order valence-corrected chi connectivity index (χ0v) is 11.4. The van der Waals surface area contributed by atoms with E-state index in [1.807, 2.05) is 12.3 Å². The van der Waals surface area contributed by atoms with Crippen LogP contribution in [0, 0.1) is 0 Å². The molecule has 1 unspecified atom stereocenters. The van der Waals surface area contributed by atoms with Crippen LogP contribution in [-0.4, -0.2) is 47.0 Å². The van der Waals surface area contributed by atoms with Gasteiger partial charge in [0.25, 0.3) is 0 Å². The van der Waals surface area contributed by atoms with Crippen LogP contribution in [0.2, 0.25) is 0 Å². The average Bonchev–Trinajstić information content (AvgIpc) is 2.79. The Hall–Kier alpha value is -1.17. The summed E-state index contributed by atoms with van der Waals surface area (Å²) in [6.07, 6.45) is 5.95. The van der Waals surface area contributed by atoms with Gasteiger partial charge in [0.05, 0.1) is 0 Å². The van der Waals surface area contributed by atoms with Crippen LogP contribution in [0.4, 0.5) is 5.82 Å². The second kappa shape index (κ2) is 5.86. The number of nitrogen functional groups attached to an aromatic ring is 1. The highest BCUT2D eigenvalue weighted by molar-refractivity contribution is 5.33. The predicted octanol–water partition coefficient (Wildman–Crippen LogP) is 1.04. The molecule has 0 radical (unpaired) electrons. The summed E-state index contributed by atoms with van der Waals surface area (Å²) in [5, 5.41) is 0. The summed E-state index contributed by atoms with van der Waals surface area (Å²) in [5.74, 6) is 6.06. The van der Waals surface area contributed by atoms with Crippen LogP contribution >= 0.6 is 0 Å². The summed E-state index contributed by atoms with van der Waals surface area (Å²) in [7, 11) is 0. The minimum absolute atomic E-state index is 0.724. The molecule has 3 heterocycles.